The number of esters is 1. The van der Waals surface area contributed by atoms with Gasteiger partial charge in [0.05, 0.1) is 40.1 Å². The Labute approximate surface area is 211 Å². The molecule has 2 aromatic carbocycles. The van der Waals surface area contributed by atoms with Crippen molar-refractivity contribution in [2.75, 3.05) is 6.61 Å². The van der Waals surface area contributed by atoms with Gasteiger partial charge in [0.15, 0.2) is 4.80 Å². The van der Waals surface area contributed by atoms with Gasteiger partial charge in [-0.3, -0.25) is 9.36 Å². The lowest BCUT2D eigenvalue weighted by atomic mass is 9.96. The summed E-state index contributed by atoms with van der Waals surface area (Å²) in [7, 11) is 0. The summed E-state index contributed by atoms with van der Waals surface area (Å²) in [5.74, 6) is -0.859. The Morgan fingerprint density at radius 2 is 1.81 bits per heavy atom. The number of fused-ring (bicyclic) bond motifs is 1. The van der Waals surface area contributed by atoms with Crippen LogP contribution in [0.1, 0.15) is 55.2 Å². The maximum absolute atomic E-state index is 13.6. The molecule has 1 aliphatic rings. The van der Waals surface area contributed by atoms with Gasteiger partial charge in [-0.15, -0.1) is 0 Å². The predicted octanol–water partition coefficient (Wildman–Crippen LogP) is 3.28. The highest BCUT2D eigenvalue weighted by molar-refractivity contribution is 7.07. The zero-order valence-electron chi connectivity index (χ0n) is 20.3. The van der Waals surface area contributed by atoms with Crippen molar-refractivity contribution in [1.29, 1.82) is 0 Å². The molecule has 0 unspecified atom stereocenters. The van der Waals surface area contributed by atoms with Crippen LogP contribution in [0, 0.1) is 0 Å². The number of allylic oxidation sites excluding steroid dienone is 1. The number of hydrogen-bond donors (Lipinski definition) is 1. The van der Waals surface area contributed by atoms with Crippen LogP contribution in [0.5, 0.6) is 5.75 Å². The molecule has 0 radical (unpaired) electrons. The van der Waals surface area contributed by atoms with E-state index in [9.17, 15) is 14.4 Å². The monoisotopic (exact) mass is 506 g/mol. The number of thiazole rings is 1. The number of carbonyl (C=O) groups excluding carboxylic acids is 1. The number of aromatic nitrogens is 1. The molecule has 0 bridgehead atoms. The number of carboxylic acid groups (broad SMARTS) is 1. The van der Waals surface area contributed by atoms with Crippen LogP contribution in [0.2, 0.25) is 0 Å². The number of hydrogen-bond acceptors (Lipinski definition) is 7. The molecule has 9 heteroatoms. The average molecular weight is 507 g/mol. The number of aromatic carboxylic acids is 1. The zero-order valence-corrected chi connectivity index (χ0v) is 21.2. The molecule has 4 rings (SSSR count). The third kappa shape index (κ3) is 5.01. The normalized spacial score (nSPS) is 15.5. The van der Waals surface area contributed by atoms with Crippen LogP contribution in [0.4, 0.5) is 0 Å². The van der Waals surface area contributed by atoms with Crippen molar-refractivity contribution in [2.45, 2.75) is 39.8 Å². The lowest BCUT2D eigenvalue weighted by molar-refractivity contribution is -0.139. The molecule has 8 nitrogen and oxygen atoms in total. The Morgan fingerprint density at radius 1 is 1.14 bits per heavy atom. The molecule has 0 saturated heterocycles. The Kier molecular flexibility index (Phi) is 7.21. The molecular formula is C27H26N2O6S. The summed E-state index contributed by atoms with van der Waals surface area (Å²) in [6.07, 6.45) is 1.70. The first-order valence-electron chi connectivity index (χ1n) is 11.5. The van der Waals surface area contributed by atoms with E-state index in [0.717, 1.165) is 5.56 Å². The highest BCUT2D eigenvalue weighted by Gasteiger charge is 2.33. The number of nitrogens with zero attached hydrogens (tertiary/aromatic N) is 2. The minimum Gasteiger partial charge on any atom is -0.491 e. The molecule has 0 amide bonds. The minimum absolute atomic E-state index is 0.00955. The van der Waals surface area contributed by atoms with Crippen LogP contribution < -0.4 is 19.6 Å². The first-order valence-corrected chi connectivity index (χ1v) is 12.3. The van der Waals surface area contributed by atoms with E-state index < -0.39 is 18.0 Å². The SMILES string of the molecule is CCOC(=O)C1=C(C)N=c2s/c(=C\c3ccc(C(=O)O)cc3)c(=O)n2[C@@H]1c1ccc(OC(C)C)cc1. The smallest absolute Gasteiger partial charge is 0.338 e. The van der Waals surface area contributed by atoms with Crippen molar-refractivity contribution in [2.24, 2.45) is 4.99 Å². The topological polar surface area (TPSA) is 107 Å². The maximum atomic E-state index is 13.6. The van der Waals surface area contributed by atoms with E-state index in [4.69, 9.17) is 14.6 Å². The molecular weight excluding hydrogens is 480 g/mol. The highest BCUT2D eigenvalue weighted by atomic mass is 32.1. The molecule has 2 heterocycles. The summed E-state index contributed by atoms with van der Waals surface area (Å²) >= 11 is 1.21. The number of rotatable bonds is 7. The van der Waals surface area contributed by atoms with E-state index in [1.54, 1.807) is 32.1 Å². The van der Waals surface area contributed by atoms with Gasteiger partial charge in [0, 0.05) is 0 Å². The van der Waals surface area contributed by atoms with E-state index >= 15 is 0 Å². The molecule has 186 valence electrons. The quantitative estimate of drug-likeness (QED) is 0.493. The van der Waals surface area contributed by atoms with Crippen molar-refractivity contribution in [1.82, 2.24) is 4.57 Å². The number of carboxylic acids is 1. The largest absolute Gasteiger partial charge is 0.491 e. The Hall–Kier alpha value is -3.98. The van der Waals surface area contributed by atoms with Crippen LogP contribution in [-0.4, -0.2) is 34.3 Å². The van der Waals surface area contributed by atoms with Crippen molar-refractivity contribution in [3.8, 4) is 5.75 Å². The van der Waals surface area contributed by atoms with E-state index in [2.05, 4.69) is 4.99 Å². The second kappa shape index (κ2) is 10.3. The molecule has 1 aliphatic heterocycles. The number of carbonyl (C=O) groups is 2. The van der Waals surface area contributed by atoms with Crippen molar-refractivity contribution < 1.29 is 24.2 Å². The first-order chi connectivity index (χ1) is 17.2. The van der Waals surface area contributed by atoms with Gasteiger partial charge in [0.1, 0.15) is 5.75 Å². The number of ether oxygens (including phenoxy) is 2. The second-order valence-corrected chi connectivity index (χ2v) is 9.47. The van der Waals surface area contributed by atoms with Crippen LogP contribution in [0.25, 0.3) is 6.08 Å². The summed E-state index contributed by atoms with van der Waals surface area (Å²) in [6.45, 7) is 7.53. The van der Waals surface area contributed by atoms with Gasteiger partial charge in [-0.2, -0.15) is 0 Å². The fourth-order valence-corrected chi connectivity index (χ4v) is 5.03. The first kappa shape index (κ1) is 25.1. The van der Waals surface area contributed by atoms with E-state index in [1.807, 2.05) is 38.1 Å². The Morgan fingerprint density at radius 3 is 2.39 bits per heavy atom. The van der Waals surface area contributed by atoms with Crippen LogP contribution in [-0.2, 0) is 9.53 Å². The summed E-state index contributed by atoms with van der Waals surface area (Å²) in [4.78, 5) is 42.8. The van der Waals surface area contributed by atoms with Crippen LogP contribution in [0.3, 0.4) is 0 Å². The highest BCUT2D eigenvalue weighted by Crippen LogP contribution is 2.31. The average Bonchev–Trinajstić information content (AvgIpc) is 3.13. The predicted molar refractivity (Wildman–Crippen MR) is 136 cm³/mol. The molecule has 1 atom stereocenters. The summed E-state index contributed by atoms with van der Waals surface area (Å²) in [5, 5.41) is 9.13. The van der Waals surface area contributed by atoms with Crippen molar-refractivity contribution >= 4 is 29.4 Å². The third-order valence-corrected chi connectivity index (χ3v) is 6.52. The lowest BCUT2D eigenvalue weighted by Gasteiger charge is -2.25. The van der Waals surface area contributed by atoms with Gasteiger partial charge >= 0.3 is 11.9 Å². The standard InChI is InChI=1S/C27H26N2O6S/c1-5-34-26(33)22-16(4)28-27-29(23(22)18-10-12-20(13-11-18)35-15(2)3)24(30)21(36-27)14-17-6-8-19(9-7-17)25(31)32/h6-15,23H,5H2,1-4H3,(H,31,32)/b21-14-/t23-/m1/s1. The molecule has 0 aliphatic carbocycles. The van der Waals surface area contributed by atoms with Gasteiger partial charge < -0.3 is 14.6 Å². The summed E-state index contributed by atoms with van der Waals surface area (Å²) in [5.41, 5.74) is 2.05. The van der Waals surface area contributed by atoms with Crippen LogP contribution in [0.15, 0.2) is 69.6 Å². The maximum Gasteiger partial charge on any atom is 0.338 e. The third-order valence-electron chi connectivity index (χ3n) is 5.54. The molecule has 3 aromatic rings. The summed E-state index contributed by atoms with van der Waals surface area (Å²) in [6, 6.07) is 12.8. The van der Waals surface area contributed by atoms with E-state index in [1.165, 1.54) is 28.0 Å². The Balaban J connectivity index is 1.86. The van der Waals surface area contributed by atoms with Crippen LogP contribution >= 0.6 is 11.3 Å². The van der Waals surface area contributed by atoms with E-state index in [-0.39, 0.29) is 23.8 Å². The fraction of sp³-hybridized carbons (Fsp3) is 0.259. The molecule has 0 spiro atoms. The zero-order chi connectivity index (χ0) is 26.0. The minimum atomic E-state index is -1.02. The molecule has 0 saturated carbocycles. The fourth-order valence-electron chi connectivity index (χ4n) is 3.98. The summed E-state index contributed by atoms with van der Waals surface area (Å²) < 4.78 is 13.0. The van der Waals surface area contributed by atoms with Gasteiger partial charge in [0.2, 0.25) is 0 Å². The van der Waals surface area contributed by atoms with Gasteiger partial charge in [-0.05, 0) is 69.2 Å². The molecule has 36 heavy (non-hydrogen) atoms. The van der Waals surface area contributed by atoms with Crippen molar-refractivity contribution in [3.63, 3.8) is 0 Å². The molecule has 1 N–H and O–H groups in total. The number of benzene rings is 2. The second-order valence-electron chi connectivity index (χ2n) is 8.47. The lowest BCUT2D eigenvalue weighted by Crippen LogP contribution is -2.39. The Bertz CT molecular complexity index is 1510. The van der Waals surface area contributed by atoms with Gasteiger partial charge in [-0.25, -0.2) is 14.6 Å². The molecule has 1 aromatic heterocycles. The van der Waals surface area contributed by atoms with Crippen molar-refractivity contribution in [3.05, 3.63) is 96.2 Å². The molecule has 0 fully saturated rings. The van der Waals surface area contributed by atoms with Gasteiger partial charge in [0.25, 0.3) is 5.56 Å². The van der Waals surface area contributed by atoms with E-state index in [0.29, 0.717) is 31.9 Å². The van der Waals surface area contributed by atoms with Gasteiger partial charge in [-0.1, -0.05) is 35.6 Å².